The molecule has 0 aromatic heterocycles. The number of allylic oxidation sites excluding steroid dienone is 2. The Morgan fingerprint density at radius 1 is 1.15 bits per heavy atom. The summed E-state index contributed by atoms with van der Waals surface area (Å²) in [6, 6.07) is 0. The second-order valence-corrected chi connectivity index (χ2v) is 13.1. The molecule has 0 aliphatic heterocycles. The number of hydrogen-bond acceptors (Lipinski definition) is 1. The van der Waals surface area contributed by atoms with E-state index in [2.05, 4.69) is 53.4 Å². The SMILES string of the molecule is C[C@@H]1CCC=C2CC[C@@H](C(C)(C)O[Si](C)(C)C)[C@@H](C)C21. The van der Waals surface area contributed by atoms with Crippen molar-refractivity contribution in [1.82, 2.24) is 0 Å². The third-order valence-electron chi connectivity index (χ3n) is 5.48. The zero-order valence-corrected chi connectivity index (χ0v) is 15.6. The third-order valence-corrected chi connectivity index (χ3v) is 6.62. The lowest BCUT2D eigenvalue weighted by Gasteiger charge is -2.50. The van der Waals surface area contributed by atoms with Crippen LogP contribution in [-0.2, 0) is 4.43 Å². The summed E-state index contributed by atoms with van der Waals surface area (Å²) in [6.07, 6.45) is 7.85. The zero-order chi connectivity index (χ0) is 15.1. The summed E-state index contributed by atoms with van der Waals surface area (Å²) in [4.78, 5) is 0. The van der Waals surface area contributed by atoms with E-state index in [1.165, 1.54) is 25.7 Å². The largest absolute Gasteiger partial charge is 0.412 e. The minimum absolute atomic E-state index is 0.0343. The van der Waals surface area contributed by atoms with Gasteiger partial charge in [-0.1, -0.05) is 25.5 Å². The van der Waals surface area contributed by atoms with E-state index in [4.69, 9.17) is 4.43 Å². The molecule has 1 unspecified atom stereocenters. The predicted molar refractivity (Wildman–Crippen MR) is 90.4 cm³/mol. The number of hydrogen-bond donors (Lipinski definition) is 0. The van der Waals surface area contributed by atoms with Gasteiger partial charge in [-0.15, -0.1) is 0 Å². The highest BCUT2D eigenvalue weighted by molar-refractivity contribution is 6.69. The molecule has 2 heteroatoms. The van der Waals surface area contributed by atoms with Gasteiger partial charge in [0.05, 0.1) is 5.60 Å². The fourth-order valence-electron chi connectivity index (χ4n) is 5.02. The van der Waals surface area contributed by atoms with Gasteiger partial charge < -0.3 is 4.43 Å². The molecule has 1 fully saturated rings. The molecule has 20 heavy (non-hydrogen) atoms. The summed E-state index contributed by atoms with van der Waals surface area (Å²) < 4.78 is 6.57. The van der Waals surface area contributed by atoms with Crippen molar-refractivity contribution < 1.29 is 4.43 Å². The van der Waals surface area contributed by atoms with Crippen LogP contribution in [0.4, 0.5) is 0 Å². The molecule has 2 aliphatic carbocycles. The lowest BCUT2D eigenvalue weighted by Crippen LogP contribution is -2.49. The smallest absolute Gasteiger partial charge is 0.184 e. The van der Waals surface area contributed by atoms with Crippen molar-refractivity contribution in [3.8, 4) is 0 Å². The molecule has 0 N–H and O–H groups in total. The van der Waals surface area contributed by atoms with Crippen molar-refractivity contribution in [2.45, 2.75) is 78.6 Å². The Labute approximate surface area is 127 Å². The molecule has 1 saturated carbocycles. The van der Waals surface area contributed by atoms with Gasteiger partial charge in [-0.05, 0) is 82.8 Å². The van der Waals surface area contributed by atoms with Crippen LogP contribution in [0.1, 0.15) is 53.4 Å². The van der Waals surface area contributed by atoms with Gasteiger partial charge in [-0.3, -0.25) is 0 Å². The maximum absolute atomic E-state index is 6.57. The van der Waals surface area contributed by atoms with Crippen molar-refractivity contribution in [3.63, 3.8) is 0 Å². The van der Waals surface area contributed by atoms with Crippen molar-refractivity contribution in [2.24, 2.45) is 23.7 Å². The van der Waals surface area contributed by atoms with Crippen LogP contribution in [0.3, 0.4) is 0 Å². The van der Waals surface area contributed by atoms with Gasteiger partial charge >= 0.3 is 0 Å². The van der Waals surface area contributed by atoms with Gasteiger partial charge in [-0.25, -0.2) is 0 Å². The van der Waals surface area contributed by atoms with Crippen molar-refractivity contribution in [3.05, 3.63) is 11.6 Å². The molecular weight excluding hydrogens is 260 g/mol. The van der Waals surface area contributed by atoms with Crippen molar-refractivity contribution >= 4 is 8.32 Å². The minimum atomic E-state index is -1.48. The first kappa shape index (κ1) is 16.3. The first-order valence-corrected chi connectivity index (χ1v) is 11.9. The zero-order valence-electron chi connectivity index (χ0n) is 14.6. The lowest BCUT2D eigenvalue weighted by atomic mass is 9.60. The van der Waals surface area contributed by atoms with E-state index in [0.717, 1.165) is 17.8 Å². The van der Waals surface area contributed by atoms with Crippen molar-refractivity contribution in [2.75, 3.05) is 0 Å². The third kappa shape index (κ3) is 3.39. The number of rotatable bonds is 3. The van der Waals surface area contributed by atoms with Gasteiger partial charge in [0.15, 0.2) is 8.32 Å². The van der Waals surface area contributed by atoms with Crippen LogP contribution in [0.25, 0.3) is 0 Å². The topological polar surface area (TPSA) is 9.23 Å². The highest BCUT2D eigenvalue weighted by Crippen LogP contribution is 2.50. The van der Waals surface area contributed by atoms with E-state index in [-0.39, 0.29) is 5.60 Å². The second kappa shape index (κ2) is 5.60. The maximum Gasteiger partial charge on any atom is 0.184 e. The Hall–Kier alpha value is -0.0831. The van der Waals surface area contributed by atoms with E-state index in [0.29, 0.717) is 5.92 Å². The fourth-order valence-corrected chi connectivity index (χ4v) is 6.75. The first-order chi connectivity index (χ1) is 9.12. The van der Waals surface area contributed by atoms with Gasteiger partial charge in [0.2, 0.25) is 0 Å². The van der Waals surface area contributed by atoms with E-state index in [1.54, 1.807) is 5.57 Å². The molecule has 0 spiro atoms. The van der Waals surface area contributed by atoms with Crippen molar-refractivity contribution in [1.29, 1.82) is 0 Å². The molecule has 0 saturated heterocycles. The van der Waals surface area contributed by atoms with Gasteiger partial charge in [0.1, 0.15) is 0 Å². The lowest BCUT2D eigenvalue weighted by molar-refractivity contribution is -0.0226. The van der Waals surface area contributed by atoms with Crippen LogP contribution in [0.5, 0.6) is 0 Å². The Morgan fingerprint density at radius 2 is 1.80 bits per heavy atom. The Kier molecular flexibility index (Phi) is 4.56. The van der Waals surface area contributed by atoms with Crippen LogP contribution in [0, 0.1) is 23.7 Å². The van der Waals surface area contributed by atoms with Crippen LogP contribution in [0.2, 0.25) is 19.6 Å². The summed E-state index contributed by atoms with van der Waals surface area (Å²) in [5.41, 5.74) is 1.79. The highest BCUT2D eigenvalue weighted by Gasteiger charge is 2.45. The monoisotopic (exact) mass is 294 g/mol. The average molecular weight is 295 g/mol. The molecular formula is C18H34OSi. The maximum atomic E-state index is 6.57. The normalized spacial score (nSPS) is 35.5. The van der Waals surface area contributed by atoms with Gasteiger partial charge in [0, 0.05) is 0 Å². The Balaban J connectivity index is 2.18. The molecule has 0 radical (unpaired) electrons. The molecule has 0 heterocycles. The van der Waals surface area contributed by atoms with Gasteiger partial charge in [0.25, 0.3) is 0 Å². The molecule has 116 valence electrons. The van der Waals surface area contributed by atoms with Crippen LogP contribution >= 0.6 is 0 Å². The fraction of sp³-hybridized carbons (Fsp3) is 0.889. The first-order valence-electron chi connectivity index (χ1n) is 8.51. The molecule has 0 bridgehead atoms. The summed E-state index contributed by atoms with van der Waals surface area (Å²) in [5, 5.41) is 0. The summed E-state index contributed by atoms with van der Waals surface area (Å²) in [5.74, 6) is 3.14. The molecule has 2 rings (SSSR count). The van der Waals surface area contributed by atoms with E-state index in [9.17, 15) is 0 Å². The summed E-state index contributed by atoms with van der Waals surface area (Å²) in [6.45, 7) is 16.6. The number of fused-ring (bicyclic) bond motifs is 1. The van der Waals surface area contributed by atoms with Crippen LogP contribution in [0.15, 0.2) is 11.6 Å². The van der Waals surface area contributed by atoms with Gasteiger partial charge in [-0.2, -0.15) is 0 Å². The molecule has 0 aromatic carbocycles. The van der Waals surface area contributed by atoms with Crippen LogP contribution in [-0.4, -0.2) is 13.9 Å². The minimum Gasteiger partial charge on any atom is -0.412 e. The van der Waals surface area contributed by atoms with Crippen LogP contribution < -0.4 is 0 Å². The molecule has 0 aromatic rings. The Morgan fingerprint density at radius 3 is 2.40 bits per heavy atom. The standard InChI is InChI=1S/C18H34OSi/c1-13-9-8-10-15-11-12-16(14(2)17(13)15)18(3,4)19-20(5,6)7/h10,13-14,16-17H,8-9,11-12H2,1-7H3/t13-,14-,16-,17?/m1/s1. The van der Waals surface area contributed by atoms with E-state index >= 15 is 0 Å². The molecule has 2 aliphatic rings. The Bertz CT molecular complexity index is 377. The predicted octanol–water partition coefficient (Wildman–Crippen LogP) is 5.64. The molecule has 1 nitrogen and oxygen atoms in total. The van der Waals surface area contributed by atoms with E-state index < -0.39 is 8.32 Å². The quantitative estimate of drug-likeness (QED) is 0.484. The summed E-state index contributed by atoms with van der Waals surface area (Å²) in [7, 11) is -1.48. The highest BCUT2D eigenvalue weighted by atomic mass is 28.4. The molecule has 0 amide bonds. The molecule has 4 atom stereocenters. The average Bonchev–Trinajstić information content (AvgIpc) is 2.25. The second-order valence-electron chi connectivity index (χ2n) is 8.68. The summed E-state index contributed by atoms with van der Waals surface area (Å²) >= 11 is 0. The van der Waals surface area contributed by atoms with E-state index in [1.807, 2.05) is 0 Å².